The molecule has 1 N–H and O–H groups in total. The maximum absolute atomic E-state index is 11.6. The van der Waals surface area contributed by atoms with Crippen molar-refractivity contribution < 1.29 is 14.3 Å². The Kier molecular flexibility index (Phi) is 4.77. The molecule has 0 aliphatic rings. The van der Waals surface area contributed by atoms with E-state index in [2.05, 4.69) is 10.3 Å². The van der Waals surface area contributed by atoms with E-state index in [4.69, 9.17) is 9.47 Å². The van der Waals surface area contributed by atoms with E-state index in [-0.39, 0.29) is 11.8 Å². The topological polar surface area (TPSA) is 60.5 Å². The fourth-order valence-electron chi connectivity index (χ4n) is 1.62. The summed E-state index contributed by atoms with van der Waals surface area (Å²) in [5.74, 6) is 1.54. The average molecular weight is 286 g/mol. The molecule has 0 radical (unpaired) electrons. The number of benzene rings is 1. The number of para-hydroxylation sites is 2. The predicted molar refractivity (Wildman–Crippen MR) is 80.8 cm³/mol. The quantitative estimate of drug-likeness (QED) is 0.914. The summed E-state index contributed by atoms with van der Waals surface area (Å²) in [5, 5.41) is 2.77. The molecule has 0 unspecified atom stereocenters. The minimum absolute atomic E-state index is 0.0461. The number of anilines is 1. The molecule has 0 aliphatic heterocycles. The average Bonchev–Trinajstić information content (AvgIpc) is 2.49. The molecule has 0 spiro atoms. The van der Waals surface area contributed by atoms with Gasteiger partial charge in [-0.2, -0.15) is 0 Å². The molecule has 21 heavy (non-hydrogen) atoms. The Morgan fingerprint density at radius 1 is 1.14 bits per heavy atom. The Hall–Kier alpha value is -2.56. The van der Waals surface area contributed by atoms with E-state index in [1.807, 2.05) is 32.0 Å². The minimum atomic E-state index is -0.0745. The second kappa shape index (κ2) is 6.74. The Balaban J connectivity index is 2.07. The van der Waals surface area contributed by atoms with Gasteiger partial charge in [-0.25, -0.2) is 4.98 Å². The van der Waals surface area contributed by atoms with Gasteiger partial charge in [0.2, 0.25) is 11.8 Å². The van der Waals surface area contributed by atoms with Crippen molar-refractivity contribution in [3.63, 3.8) is 0 Å². The molecule has 2 rings (SSSR count). The molecule has 1 amide bonds. The predicted octanol–water partition coefficient (Wildman–Crippen LogP) is 3.48. The van der Waals surface area contributed by atoms with E-state index in [9.17, 15) is 4.79 Å². The van der Waals surface area contributed by atoms with Crippen molar-refractivity contribution in [1.29, 1.82) is 0 Å². The molecule has 0 bridgehead atoms. The van der Waals surface area contributed by atoms with Gasteiger partial charge in [0.25, 0.3) is 0 Å². The Bertz CT molecular complexity index is 609. The number of amides is 1. The second-order valence-corrected chi connectivity index (χ2v) is 4.78. The van der Waals surface area contributed by atoms with Crippen LogP contribution in [0.4, 0.5) is 5.69 Å². The maximum Gasteiger partial charge on any atom is 0.226 e. The minimum Gasteiger partial charge on any atom is -0.493 e. The van der Waals surface area contributed by atoms with E-state index in [0.717, 1.165) is 0 Å². The Morgan fingerprint density at radius 2 is 1.86 bits per heavy atom. The van der Waals surface area contributed by atoms with E-state index in [0.29, 0.717) is 23.1 Å². The number of nitrogens with zero attached hydrogens (tertiary/aromatic N) is 1. The molecule has 0 saturated carbocycles. The zero-order valence-electron chi connectivity index (χ0n) is 12.3. The molecule has 1 heterocycles. The van der Waals surface area contributed by atoms with Gasteiger partial charge in [0.1, 0.15) is 0 Å². The fraction of sp³-hybridized carbons (Fsp3) is 0.250. The normalized spacial score (nSPS) is 10.3. The molecule has 0 aliphatic carbocycles. The number of carbonyl (C=O) groups excluding carboxylic acids is 1. The Labute approximate surface area is 123 Å². The van der Waals surface area contributed by atoms with Crippen molar-refractivity contribution in [2.75, 3.05) is 12.4 Å². The molecular formula is C16H18N2O3. The number of methoxy groups -OCH3 is 1. The number of nitrogens with one attached hydrogen (secondary N) is 1. The first-order valence-electron chi connectivity index (χ1n) is 6.68. The van der Waals surface area contributed by atoms with Crippen molar-refractivity contribution in [1.82, 2.24) is 4.98 Å². The van der Waals surface area contributed by atoms with Crippen LogP contribution in [0, 0.1) is 5.92 Å². The summed E-state index contributed by atoms with van der Waals surface area (Å²) in [6.07, 6.45) is 1.56. The van der Waals surface area contributed by atoms with Crippen molar-refractivity contribution >= 4 is 11.6 Å². The standard InChI is InChI=1S/C16H18N2O3/c1-11(2)16(19)18-12-8-9-15(17-10-12)21-14-7-5-4-6-13(14)20-3/h4-11H,1-3H3,(H,18,19). The number of hydrogen-bond acceptors (Lipinski definition) is 4. The maximum atomic E-state index is 11.6. The zero-order valence-corrected chi connectivity index (χ0v) is 12.3. The third-order valence-corrected chi connectivity index (χ3v) is 2.81. The first kappa shape index (κ1) is 14.8. The molecule has 5 heteroatoms. The van der Waals surface area contributed by atoms with Crippen molar-refractivity contribution in [3.8, 4) is 17.4 Å². The van der Waals surface area contributed by atoms with Crippen molar-refractivity contribution in [2.24, 2.45) is 5.92 Å². The van der Waals surface area contributed by atoms with Gasteiger partial charge in [-0.05, 0) is 18.2 Å². The highest BCUT2D eigenvalue weighted by atomic mass is 16.5. The molecule has 0 fully saturated rings. The van der Waals surface area contributed by atoms with Crippen LogP contribution in [-0.4, -0.2) is 18.0 Å². The van der Waals surface area contributed by atoms with Crippen molar-refractivity contribution in [3.05, 3.63) is 42.6 Å². The van der Waals surface area contributed by atoms with Gasteiger partial charge in [-0.3, -0.25) is 4.79 Å². The SMILES string of the molecule is COc1ccccc1Oc1ccc(NC(=O)C(C)C)cn1. The van der Waals surface area contributed by atoms with E-state index in [1.54, 1.807) is 31.5 Å². The van der Waals surface area contributed by atoms with Crippen LogP contribution in [0.3, 0.4) is 0 Å². The van der Waals surface area contributed by atoms with Crippen LogP contribution >= 0.6 is 0 Å². The molecular weight excluding hydrogens is 268 g/mol. The summed E-state index contributed by atoms with van der Waals surface area (Å²) in [4.78, 5) is 15.8. The van der Waals surface area contributed by atoms with Gasteiger partial charge < -0.3 is 14.8 Å². The van der Waals surface area contributed by atoms with Crippen LogP contribution in [0.1, 0.15) is 13.8 Å². The molecule has 2 aromatic rings. The molecule has 5 nitrogen and oxygen atoms in total. The summed E-state index contributed by atoms with van der Waals surface area (Å²) in [5.41, 5.74) is 0.640. The molecule has 1 aromatic carbocycles. The summed E-state index contributed by atoms with van der Waals surface area (Å²) >= 11 is 0. The molecule has 0 atom stereocenters. The summed E-state index contributed by atoms with van der Waals surface area (Å²) < 4.78 is 10.9. The first-order valence-corrected chi connectivity index (χ1v) is 6.68. The highest BCUT2D eigenvalue weighted by molar-refractivity contribution is 5.91. The number of ether oxygens (including phenoxy) is 2. The Morgan fingerprint density at radius 3 is 2.43 bits per heavy atom. The van der Waals surface area contributed by atoms with E-state index >= 15 is 0 Å². The third-order valence-electron chi connectivity index (χ3n) is 2.81. The number of pyridine rings is 1. The van der Waals surface area contributed by atoms with Crippen LogP contribution in [-0.2, 0) is 4.79 Å². The summed E-state index contributed by atoms with van der Waals surface area (Å²) in [6, 6.07) is 10.8. The lowest BCUT2D eigenvalue weighted by Crippen LogP contribution is -2.17. The van der Waals surface area contributed by atoms with E-state index < -0.39 is 0 Å². The highest BCUT2D eigenvalue weighted by Crippen LogP contribution is 2.30. The number of aromatic nitrogens is 1. The van der Waals surface area contributed by atoms with Gasteiger partial charge in [0.15, 0.2) is 11.5 Å². The largest absolute Gasteiger partial charge is 0.493 e. The zero-order chi connectivity index (χ0) is 15.2. The van der Waals surface area contributed by atoms with Crippen LogP contribution in [0.2, 0.25) is 0 Å². The van der Waals surface area contributed by atoms with Gasteiger partial charge in [0, 0.05) is 12.0 Å². The van der Waals surface area contributed by atoms with Crippen LogP contribution in [0.5, 0.6) is 17.4 Å². The van der Waals surface area contributed by atoms with Gasteiger partial charge >= 0.3 is 0 Å². The second-order valence-electron chi connectivity index (χ2n) is 4.78. The monoisotopic (exact) mass is 286 g/mol. The molecule has 0 saturated heterocycles. The molecule has 1 aromatic heterocycles. The van der Waals surface area contributed by atoms with E-state index in [1.165, 1.54) is 0 Å². The molecule has 110 valence electrons. The summed E-state index contributed by atoms with van der Waals surface area (Å²) in [6.45, 7) is 3.67. The van der Waals surface area contributed by atoms with Crippen LogP contribution in [0.15, 0.2) is 42.6 Å². The lowest BCUT2D eigenvalue weighted by Gasteiger charge is -2.10. The first-order chi connectivity index (χ1) is 10.1. The number of rotatable bonds is 5. The van der Waals surface area contributed by atoms with Gasteiger partial charge in [-0.15, -0.1) is 0 Å². The fourth-order valence-corrected chi connectivity index (χ4v) is 1.62. The highest BCUT2D eigenvalue weighted by Gasteiger charge is 2.08. The third kappa shape index (κ3) is 3.95. The van der Waals surface area contributed by atoms with Crippen LogP contribution in [0.25, 0.3) is 0 Å². The van der Waals surface area contributed by atoms with Crippen LogP contribution < -0.4 is 14.8 Å². The lowest BCUT2D eigenvalue weighted by molar-refractivity contribution is -0.118. The number of hydrogen-bond donors (Lipinski definition) is 1. The van der Waals surface area contributed by atoms with Gasteiger partial charge in [-0.1, -0.05) is 26.0 Å². The summed E-state index contributed by atoms with van der Waals surface area (Å²) in [7, 11) is 1.58. The van der Waals surface area contributed by atoms with Gasteiger partial charge in [0.05, 0.1) is 19.0 Å². The smallest absolute Gasteiger partial charge is 0.226 e. The van der Waals surface area contributed by atoms with Crippen molar-refractivity contribution in [2.45, 2.75) is 13.8 Å². The lowest BCUT2D eigenvalue weighted by atomic mass is 10.2. The number of carbonyl (C=O) groups is 1.